The molecule has 6 heteroatoms. The molecule has 2 fully saturated rings. The summed E-state index contributed by atoms with van der Waals surface area (Å²) < 4.78 is 0.197. The Kier molecular flexibility index (Phi) is 4.76. The van der Waals surface area contributed by atoms with Gasteiger partial charge in [-0.05, 0) is 18.8 Å². The molecule has 0 bridgehead atoms. The molecule has 1 heterocycles. The summed E-state index contributed by atoms with van der Waals surface area (Å²) >= 11 is 1.81. The lowest BCUT2D eigenvalue weighted by Gasteiger charge is -2.23. The number of amides is 2. The highest BCUT2D eigenvalue weighted by Crippen LogP contribution is 2.48. The quantitative estimate of drug-likeness (QED) is 0.782. The van der Waals surface area contributed by atoms with Gasteiger partial charge >= 0.3 is 12.0 Å². The molecule has 2 aliphatic rings. The average Bonchev–Trinajstić information content (AvgIpc) is 2.90. The van der Waals surface area contributed by atoms with Crippen LogP contribution in [0.2, 0.25) is 0 Å². The van der Waals surface area contributed by atoms with E-state index in [1.807, 2.05) is 11.8 Å². The van der Waals surface area contributed by atoms with E-state index >= 15 is 0 Å². The standard InChI is InChI=1S/C15H26N2O3S/c1-14(2,3)21-8-7-16-13(20)17-9-11-5-4-6-15(11,10-17)12(18)19/h11H,4-10H2,1-3H3,(H,16,20)(H,18,19)/t11-,15+/m0/s1. The van der Waals surface area contributed by atoms with Crippen LogP contribution in [-0.4, -0.2) is 52.1 Å². The van der Waals surface area contributed by atoms with Crippen LogP contribution in [0.3, 0.4) is 0 Å². The average molecular weight is 314 g/mol. The molecule has 21 heavy (non-hydrogen) atoms. The van der Waals surface area contributed by atoms with Gasteiger partial charge in [-0.3, -0.25) is 4.79 Å². The number of nitrogens with zero attached hydrogens (tertiary/aromatic N) is 1. The van der Waals surface area contributed by atoms with E-state index in [2.05, 4.69) is 26.1 Å². The second kappa shape index (κ2) is 6.07. The first-order valence-electron chi connectivity index (χ1n) is 7.65. The van der Waals surface area contributed by atoms with Crippen molar-refractivity contribution in [2.45, 2.75) is 44.8 Å². The van der Waals surface area contributed by atoms with Crippen molar-refractivity contribution in [3.05, 3.63) is 0 Å². The van der Waals surface area contributed by atoms with Crippen molar-refractivity contribution < 1.29 is 14.7 Å². The smallest absolute Gasteiger partial charge is 0.317 e. The zero-order chi connectivity index (χ0) is 15.7. The number of nitrogens with one attached hydrogen (secondary N) is 1. The van der Waals surface area contributed by atoms with Crippen LogP contribution >= 0.6 is 11.8 Å². The highest BCUT2D eigenvalue weighted by atomic mass is 32.2. The van der Waals surface area contributed by atoms with Crippen molar-refractivity contribution in [1.82, 2.24) is 10.2 Å². The summed E-state index contributed by atoms with van der Waals surface area (Å²) in [6.07, 6.45) is 2.60. The number of hydrogen-bond acceptors (Lipinski definition) is 3. The maximum atomic E-state index is 12.2. The fourth-order valence-electron chi connectivity index (χ4n) is 3.42. The van der Waals surface area contributed by atoms with Crippen molar-refractivity contribution in [2.75, 3.05) is 25.4 Å². The molecule has 0 aromatic carbocycles. The molecule has 5 nitrogen and oxygen atoms in total. The van der Waals surface area contributed by atoms with E-state index in [1.54, 1.807) is 4.90 Å². The lowest BCUT2D eigenvalue weighted by Crippen LogP contribution is -2.42. The van der Waals surface area contributed by atoms with E-state index in [9.17, 15) is 14.7 Å². The summed E-state index contributed by atoms with van der Waals surface area (Å²) in [6, 6.07) is -0.112. The summed E-state index contributed by atoms with van der Waals surface area (Å²) in [5.74, 6) is 0.268. The molecule has 2 atom stereocenters. The number of aliphatic carboxylic acids is 1. The largest absolute Gasteiger partial charge is 0.481 e. The summed E-state index contributed by atoms with van der Waals surface area (Å²) in [7, 11) is 0. The Morgan fingerprint density at radius 3 is 2.71 bits per heavy atom. The Labute approximate surface area is 130 Å². The Morgan fingerprint density at radius 2 is 2.14 bits per heavy atom. The van der Waals surface area contributed by atoms with Gasteiger partial charge in [0, 0.05) is 30.1 Å². The Morgan fingerprint density at radius 1 is 1.43 bits per heavy atom. The van der Waals surface area contributed by atoms with Crippen molar-refractivity contribution >= 4 is 23.8 Å². The number of carboxylic acids is 1. The van der Waals surface area contributed by atoms with Crippen LogP contribution in [0.1, 0.15) is 40.0 Å². The third kappa shape index (κ3) is 3.65. The first kappa shape index (κ1) is 16.5. The number of hydrogen-bond donors (Lipinski definition) is 2. The van der Waals surface area contributed by atoms with Crippen LogP contribution in [0.25, 0.3) is 0 Å². The van der Waals surface area contributed by atoms with E-state index in [4.69, 9.17) is 0 Å². The molecular formula is C15H26N2O3S. The third-order valence-electron chi connectivity index (χ3n) is 4.50. The Balaban J connectivity index is 1.81. The predicted octanol–water partition coefficient (Wildman–Crippen LogP) is 2.41. The van der Waals surface area contributed by atoms with Gasteiger partial charge in [0.25, 0.3) is 0 Å². The summed E-state index contributed by atoms with van der Waals surface area (Å²) in [5, 5.41) is 12.4. The first-order valence-corrected chi connectivity index (χ1v) is 8.63. The van der Waals surface area contributed by atoms with E-state index < -0.39 is 11.4 Å². The van der Waals surface area contributed by atoms with Gasteiger partial charge in [-0.15, -0.1) is 0 Å². The highest BCUT2D eigenvalue weighted by Gasteiger charge is 2.55. The van der Waals surface area contributed by atoms with Crippen molar-refractivity contribution in [2.24, 2.45) is 11.3 Å². The van der Waals surface area contributed by atoms with Gasteiger partial charge in [-0.2, -0.15) is 11.8 Å². The molecule has 0 spiro atoms. The van der Waals surface area contributed by atoms with Crippen molar-refractivity contribution in [3.63, 3.8) is 0 Å². The fraction of sp³-hybridized carbons (Fsp3) is 0.867. The zero-order valence-corrected chi connectivity index (χ0v) is 14.0. The van der Waals surface area contributed by atoms with Gasteiger partial charge in [0.2, 0.25) is 0 Å². The second-order valence-corrected chi connectivity index (χ2v) is 9.05. The summed E-state index contributed by atoms with van der Waals surface area (Å²) in [6.45, 7) is 8.03. The van der Waals surface area contributed by atoms with Gasteiger partial charge in [-0.25, -0.2) is 4.79 Å². The number of carboxylic acid groups (broad SMARTS) is 1. The number of carbonyl (C=O) groups is 2. The van der Waals surface area contributed by atoms with Crippen LogP contribution in [0.4, 0.5) is 4.79 Å². The third-order valence-corrected chi connectivity index (χ3v) is 5.77. The molecule has 1 aliphatic heterocycles. The van der Waals surface area contributed by atoms with Gasteiger partial charge in [-0.1, -0.05) is 27.2 Å². The number of fused-ring (bicyclic) bond motifs is 1. The van der Waals surface area contributed by atoms with Crippen LogP contribution in [0, 0.1) is 11.3 Å². The molecule has 0 aromatic rings. The lowest BCUT2D eigenvalue weighted by molar-refractivity contribution is -0.149. The van der Waals surface area contributed by atoms with Gasteiger partial charge in [0.15, 0.2) is 0 Å². The minimum Gasteiger partial charge on any atom is -0.481 e. The number of likely N-dealkylation sites (tertiary alicyclic amines) is 1. The normalized spacial score (nSPS) is 28.5. The number of thioether (sulfide) groups is 1. The van der Waals surface area contributed by atoms with Crippen molar-refractivity contribution in [3.8, 4) is 0 Å². The Bertz CT molecular complexity index is 422. The van der Waals surface area contributed by atoms with Gasteiger partial charge in [0.05, 0.1) is 5.41 Å². The predicted molar refractivity (Wildman–Crippen MR) is 84.6 cm³/mol. The SMILES string of the molecule is CC(C)(C)SCCNC(=O)N1C[C@@H]2CCC[C@@]2(C(=O)O)C1. The summed E-state index contributed by atoms with van der Waals surface area (Å²) in [5.41, 5.74) is -0.683. The zero-order valence-electron chi connectivity index (χ0n) is 13.1. The number of rotatable bonds is 4. The number of urea groups is 1. The molecule has 0 aromatic heterocycles. The Hall–Kier alpha value is -0.910. The second-order valence-electron chi connectivity index (χ2n) is 7.12. The fourth-order valence-corrected chi connectivity index (χ4v) is 4.24. The van der Waals surface area contributed by atoms with Crippen LogP contribution in [0.15, 0.2) is 0 Å². The van der Waals surface area contributed by atoms with Crippen molar-refractivity contribution in [1.29, 1.82) is 0 Å². The molecule has 0 unspecified atom stereocenters. The molecule has 120 valence electrons. The maximum absolute atomic E-state index is 12.2. The molecular weight excluding hydrogens is 288 g/mol. The van der Waals surface area contributed by atoms with Crippen LogP contribution < -0.4 is 5.32 Å². The summed E-state index contributed by atoms with van der Waals surface area (Å²) in [4.78, 5) is 25.5. The minimum atomic E-state index is -0.733. The molecule has 1 saturated heterocycles. The molecule has 1 saturated carbocycles. The van der Waals surface area contributed by atoms with Gasteiger partial charge < -0.3 is 15.3 Å². The van der Waals surface area contributed by atoms with E-state index in [-0.39, 0.29) is 16.7 Å². The van der Waals surface area contributed by atoms with Gasteiger partial charge in [0.1, 0.15) is 0 Å². The first-order chi connectivity index (χ1) is 9.74. The van der Waals surface area contributed by atoms with Crippen LogP contribution in [-0.2, 0) is 4.79 Å². The van der Waals surface area contributed by atoms with E-state index in [0.29, 0.717) is 26.1 Å². The molecule has 2 N–H and O–H groups in total. The number of carbonyl (C=O) groups excluding carboxylic acids is 1. The lowest BCUT2D eigenvalue weighted by atomic mass is 9.81. The topological polar surface area (TPSA) is 69.6 Å². The molecule has 0 radical (unpaired) electrons. The minimum absolute atomic E-state index is 0.112. The molecule has 2 rings (SSSR count). The molecule has 2 amide bonds. The highest BCUT2D eigenvalue weighted by molar-refractivity contribution is 8.00. The van der Waals surface area contributed by atoms with Crippen LogP contribution in [0.5, 0.6) is 0 Å². The van der Waals surface area contributed by atoms with E-state index in [0.717, 1.165) is 18.6 Å². The molecule has 1 aliphatic carbocycles. The van der Waals surface area contributed by atoms with E-state index in [1.165, 1.54) is 0 Å². The monoisotopic (exact) mass is 314 g/mol. The maximum Gasteiger partial charge on any atom is 0.317 e.